The number of pyridine rings is 1. The highest BCUT2D eigenvalue weighted by atomic mass is 16.2. The first-order valence-corrected chi connectivity index (χ1v) is 11.2. The second-order valence-corrected chi connectivity index (χ2v) is 8.64. The molecular formula is C26H31N3O2. The van der Waals surface area contributed by atoms with Crippen LogP contribution >= 0.6 is 0 Å². The van der Waals surface area contributed by atoms with E-state index in [1.807, 2.05) is 61.2 Å². The number of aromatic amines is 1. The summed E-state index contributed by atoms with van der Waals surface area (Å²) in [5, 5.41) is 0.774. The first-order valence-electron chi connectivity index (χ1n) is 11.2. The van der Waals surface area contributed by atoms with Gasteiger partial charge < -0.3 is 9.88 Å². The first-order chi connectivity index (χ1) is 15.0. The molecule has 1 aliphatic rings. The van der Waals surface area contributed by atoms with E-state index in [0.717, 1.165) is 65.9 Å². The number of H-pyrrole nitrogens is 1. The number of carbonyl (C=O) groups excluding carboxylic acids is 1. The van der Waals surface area contributed by atoms with Gasteiger partial charge in [0.2, 0.25) is 5.91 Å². The number of benzene rings is 2. The Morgan fingerprint density at radius 3 is 2.42 bits per heavy atom. The van der Waals surface area contributed by atoms with Gasteiger partial charge in [-0.3, -0.25) is 14.5 Å². The molecule has 0 radical (unpaired) electrons. The van der Waals surface area contributed by atoms with Crippen molar-refractivity contribution < 1.29 is 4.79 Å². The number of nitrogens with one attached hydrogen (secondary N) is 1. The standard InChI is InChI=1S/C26H31N3O2/c1-4-22(20-8-6-5-7-9-20)26(31)29-12-10-28(11-13-29)17-21-16-24(30)25-19(3)14-18(2)15-23(25)27-21/h5-9,14-16,22H,4,10-13,17H2,1-3H3,(H,27,30). The van der Waals surface area contributed by atoms with Crippen molar-refractivity contribution in [3.05, 3.63) is 81.1 Å². The molecule has 5 nitrogen and oxygen atoms in total. The van der Waals surface area contributed by atoms with Gasteiger partial charge in [-0.1, -0.05) is 43.3 Å². The Hall–Kier alpha value is -2.92. The third kappa shape index (κ3) is 4.57. The lowest BCUT2D eigenvalue weighted by molar-refractivity contribution is -0.134. The van der Waals surface area contributed by atoms with Gasteiger partial charge in [-0.15, -0.1) is 0 Å². The Morgan fingerprint density at radius 1 is 1.03 bits per heavy atom. The third-order valence-electron chi connectivity index (χ3n) is 6.31. The number of aryl methyl sites for hydroxylation is 2. The summed E-state index contributed by atoms with van der Waals surface area (Å²) in [4.78, 5) is 33.5. The first kappa shape index (κ1) is 21.3. The fourth-order valence-corrected chi connectivity index (χ4v) is 4.74. The number of hydrogen-bond donors (Lipinski definition) is 1. The highest BCUT2D eigenvalue weighted by Crippen LogP contribution is 2.23. The predicted octanol–water partition coefficient (Wildman–Crippen LogP) is 3.98. The summed E-state index contributed by atoms with van der Waals surface area (Å²) in [5.74, 6) is 0.148. The SMILES string of the molecule is CCC(C(=O)N1CCN(Cc2cc(=O)c3c(C)cc(C)cc3[nH]2)CC1)c1ccccc1. The second kappa shape index (κ2) is 9.06. The lowest BCUT2D eigenvalue weighted by Gasteiger charge is -2.36. The molecule has 2 heterocycles. The Balaban J connectivity index is 1.42. The summed E-state index contributed by atoms with van der Waals surface area (Å²) < 4.78 is 0. The quantitative estimate of drug-likeness (QED) is 0.683. The van der Waals surface area contributed by atoms with E-state index in [0.29, 0.717) is 6.54 Å². The van der Waals surface area contributed by atoms with E-state index in [2.05, 4.69) is 16.8 Å². The van der Waals surface area contributed by atoms with Gasteiger partial charge in [-0.25, -0.2) is 0 Å². The zero-order valence-corrected chi connectivity index (χ0v) is 18.6. The summed E-state index contributed by atoms with van der Waals surface area (Å²) >= 11 is 0. The Morgan fingerprint density at radius 2 is 1.74 bits per heavy atom. The number of nitrogens with zero attached hydrogens (tertiary/aromatic N) is 2. The van der Waals surface area contributed by atoms with Crippen molar-refractivity contribution in [3.63, 3.8) is 0 Å². The van der Waals surface area contributed by atoms with E-state index in [1.54, 1.807) is 6.07 Å². The van der Waals surface area contributed by atoms with E-state index in [-0.39, 0.29) is 17.3 Å². The number of aromatic nitrogens is 1. The van der Waals surface area contributed by atoms with E-state index in [1.165, 1.54) is 0 Å². The smallest absolute Gasteiger partial charge is 0.230 e. The van der Waals surface area contributed by atoms with E-state index in [9.17, 15) is 9.59 Å². The maximum absolute atomic E-state index is 13.1. The molecule has 0 aliphatic carbocycles. The van der Waals surface area contributed by atoms with Crippen LogP contribution in [-0.2, 0) is 11.3 Å². The van der Waals surface area contributed by atoms with E-state index < -0.39 is 0 Å². The number of carbonyl (C=O) groups is 1. The third-order valence-corrected chi connectivity index (χ3v) is 6.31. The van der Waals surface area contributed by atoms with Crippen LogP contribution in [0.2, 0.25) is 0 Å². The molecule has 5 heteroatoms. The van der Waals surface area contributed by atoms with Crippen molar-refractivity contribution in [2.24, 2.45) is 0 Å². The monoisotopic (exact) mass is 417 g/mol. The van der Waals surface area contributed by atoms with Crippen molar-refractivity contribution >= 4 is 16.8 Å². The minimum absolute atomic E-state index is 0.0729. The van der Waals surface area contributed by atoms with Crippen LogP contribution in [0.25, 0.3) is 10.9 Å². The number of piperazine rings is 1. The van der Waals surface area contributed by atoms with Gasteiger partial charge in [0.05, 0.1) is 11.4 Å². The fraction of sp³-hybridized carbons (Fsp3) is 0.385. The van der Waals surface area contributed by atoms with Crippen LogP contribution in [0.4, 0.5) is 0 Å². The summed E-state index contributed by atoms with van der Waals surface area (Å²) in [6, 6.07) is 15.9. The number of amides is 1. The fourth-order valence-electron chi connectivity index (χ4n) is 4.74. The summed E-state index contributed by atoms with van der Waals surface area (Å²) in [6.07, 6.45) is 0.806. The molecule has 31 heavy (non-hydrogen) atoms. The van der Waals surface area contributed by atoms with Crippen LogP contribution in [0, 0.1) is 13.8 Å². The predicted molar refractivity (Wildman–Crippen MR) is 125 cm³/mol. The molecule has 3 aromatic rings. The van der Waals surface area contributed by atoms with Crippen LogP contribution in [-0.4, -0.2) is 46.9 Å². The molecule has 1 saturated heterocycles. The maximum atomic E-state index is 13.1. The molecule has 4 rings (SSSR count). The molecule has 2 aromatic carbocycles. The van der Waals surface area contributed by atoms with Gasteiger partial charge in [0.1, 0.15) is 0 Å². The van der Waals surface area contributed by atoms with Crippen molar-refractivity contribution in [1.82, 2.24) is 14.8 Å². The van der Waals surface area contributed by atoms with Crippen LogP contribution in [0.1, 0.15) is 41.6 Å². The molecule has 1 N–H and O–H groups in total. The molecule has 0 saturated carbocycles. The molecular weight excluding hydrogens is 386 g/mol. The Kier molecular flexibility index (Phi) is 6.23. The number of fused-ring (bicyclic) bond motifs is 1. The average Bonchev–Trinajstić information content (AvgIpc) is 2.74. The lowest BCUT2D eigenvalue weighted by Crippen LogP contribution is -2.49. The van der Waals surface area contributed by atoms with E-state index >= 15 is 0 Å². The van der Waals surface area contributed by atoms with Gasteiger partial charge in [0.25, 0.3) is 0 Å². The van der Waals surface area contributed by atoms with Crippen LogP contribution in [0.5, 0.6) is 0 Å². The maximum Gasteiger partial charge on any atom is 0.230 e. The molecule has 1 aliphatic heterocycles. The van der Waals surface area contributed by atoms with Gasteiger partial charge >= 0.3 is 0 Å². The lowest BCUT2D eigenvalue weighted by atomic mass is 9.95. The van der Waals surface area contributed by atoms with Crippen LogP contribution in [0.15, 0.2) is 53.3 Å². The summed E-state index contributed by atoms with van der Waals surface area (Å²) in [7, 11) is 0. The average molecular weight is 418 g/mol. The molecule has 1 aromatic heterocycles. The molecule has 1 amide bonds. The zero-order valence-electron chi connectivity index (χ0n) is 18.6. The van der Waals surface area contributed by atoms with Crippen LogP contribution < -0.4 is 5.43 Å². The van der Waals surface area contributed by atoms with Crippen molar-refractivity contribution in [1.29, 1.82) is 0 Å². The summed E-state index contributed by atoms with van der Waals surface area (Å²) in [6.45, 7) is 9.86. The highest BCUT2D eigenvalue weighted by Gasteiger charge is 2.27. The molecule has 1 unspecified atom stereocenters. The van der Waals surface area contributed by atoms with Gasteiger partial charge in [-0.05, 0) is 43.0 Å². The normalized spacial score (nSPS) is 15.9. The van der Waals surface area contributed by atoms with E-state index in [4.69, 9.17) is 0 Å². The minimum atomic E-state index is -0.0731. The largest absolute Gasteiger partial charge is 0.357 e. The number of hydrogen-bond acceptors (Lipinski definition) is 3. The van der Waals surface area contributed by atoms with Crippen LogP contribution in [0.3, 0.4) is 0 Å². The molecule has 162 valence electrons. The van der Waals surface area contributed by atoms with Crippen molar-refractivity contribution in [2.45, 2.75) is 39.7 Å². The van der Waals surface area contributed by atoms with Crippen molar-refractivity contribution in [3.8, 4) is 0 Å². The molecule has 0 bridgehead atoms. The van der Waals surface area contributed by atoms with Gasteiger partial charge in [0.15, 0.2) is 5.43 Å². The Bertz CT molecular complexity index is 1130. The number of rotatable bonds is 5. The van der Waals surface area contributed by atoms with Gasteiger partial charge in [-0.2, -0.15) is 0 Å². The highest BCUT2D eigenvalue weighted by molar-refractivity contribution is 5.84. The minimum Gasteiger partial charge on any atom is -0.357 e. The zero-order chi connectivity index (χ0) is 22.0. The topological polar surface area (TPSA) is 56.4 Å². The van der Waals surface area contributed by atoms with Crippen molar-refractivity contribution in [2.75, 3.05) is 26.2 Å². The summed E-state index contributed by atoms with van der Waals surface area (Å²) in [5.41, 5.74) is 5.16. The Labute approximate surface area is 183 Å². The second-order valence-electron chi connectivity index (χ2n) is 8.64. The molecule has 0 spiro atoms. The van der Waals surface area contributed by atoms with Gasteiger partial charge in [0, 0.05) is 49.9 Å². The molecule has 1 fully saturated rings. The molecule has 1 atom stereocenters.